The van der Waals surface area contributed by atoms with Gasteiger partial charge in [-0.2, -0.15) is 5.26 Å². The Morgan fingerprint density at radius 2 is 1.88 bits per heavy atom. The maximum absolute atomic E-state index is 13.2. The lowest BCUT2D eigenvalue weighted by atomic mass is 10.1. The molecule has 0 spiro atoms. The number of aliphatic hydroxyl groups is 1. The van der Waals surface area contributed by atoms with Crippen molar-refractivity contribution in [2.75, 3.05) is 13.2 Å². The van der Waals surface area contributed by atoms with Crippen molar-refractivity contribution in [1.82, 2.24) is 5.32 Å². The Kier molecular flexibility index (Phi) is 6.24. The molecule has 0 fully saturated rings. The molecule has 0 bridgehead atoms. The van der Waals surface area contributed by atoms with Gasteiger partial charge in [0, 0.05) is 12.6 Å². The zero-order chi connectivity index (χ0) is 17.5. The first-order valence-corrected chi connectivity index (χ1v) is 7.49. The zero-order valence-electron chi connectivity index (χ0n) is 13.2. The average molecular weight is 332 g/mol. The Morgan fingerprint density at radius 1 is 1.17 bits per heavy atom. The van der Waals surface area contributed by atoms with E-state index in [1.807, 2.05) is 6.07 Å². The zero-order valence-corrected chi connectivity index (χ0v) is 13.2. The summed E-state index contributed by atoms with van der Waals surface area (Å²) in [6.07, 6.45) is -0.770. The van der Waals surface area contributed by atoms with Crippen molar-refractivity contribution in [3.8, 4) is 11.8 Å². The smallest absolute Gasteiger partial charge is 0.159 e. The molecule has 2 N–H and O–H groups in total. The number of nitriles is 1. The fraction of sp³-hybridized carbons (Fsp3) is 0.278. The van der Waals surface area contributed by atoms with Gasteiger partial charge in [-0.1, -0.05) is 6.07 Å². The molecule has 126 valence electrons. The summed E-state index contributed by atoms with van der Waals surface area (Å²) in [5, 5.41) is 21.7. The minimum Gasteiger partial charge on any atom is -0.491 e. The van der Waals surface area contributed by atoms with E-state index in [9.17, 15) is 13.9 Å². The molecule has 2 rings (SSSR count). The lowest BCUT2D eigenvalue weighted by molar-refractivity contribution is 0.104. The van der Waals surface area contributed by atoms with E-state index in [1.165, 1.54) is 6.07 Å². The number of hydrogen-bond acceptors (Lipinski definition) is 4. The van der Waals surface area contributed by atoms with Gasteiger partial charge in [0.05, 0.1) is 11.6 Å². The van der Waals surface area contributed by atoms with Gasteiger partial charge in [-0.15, -0.1) is 0 Å². The average Bonchev–Trinajstić information content (AvgIpc) is 2.60. The van der Waals surface area contributed by atoms with Crippen molar-refractivity contribution < 1.29 is 18.6 Å². The molecule has 2 aromatic carbocycles. The van der Waals surface area contributed by atoms with Crippen LogP contribution >= 0.6 is 0 Å². The molecule has 0 aliphatic rings. The molecule has 24 heavy (non-hydrogen) atoms. The predicted octanol–water partition coefficient (Wildman–Crippen LogP) is 2.93. The maximum Gasteiger partial charge on any atom is 0.159 e. The first kappa shape index (κ1) is 17.9. The fourth-order valence-electron chi connectivity index (χ4n) is 2.09. The van der Waals surface area contributed by atoms with Gasteiger partial charge in [0.2, 0.25) is 0 Å². The van der Waals surface area contributed by atoms with Gasteiger partial charge in [0.15, 0.2) is 11.6 Å². The lowest BCUT2D eigenvalue weighted by Crippen LogP contribution is -2.33. The molecular formula is C18H18F2N2O2. The summed E-state index contributed by atoms with van der Waals surface area (Å²) in [6.45, 7) is 2.10. The van der Waals surface area contributed by atoms with Crippen molar-refractivity contribution in [2.45, 2.75) is 19.1 Å². The minimum absolute atomic E-state index is 0.0728. The molecule has 2 unspecified atom stereocenters. The second-order valence-electron chi connectivity index (χ2n) is 5.40. The molecule has 0 amide bonds. The van der Waals surface area contributed by atoms with Gasteiger partial charge in [-0.3, -0.25) is 0 Å². The lowest BCUT2D eigenvalue weighted by Gasteiger charge is -2.18. The summed E-state index contributed by atoms with van der Waals surface area (Å²) in [5.74, 6) is -1.23. The molecule has 0 aliphatic heterocycles. The number of benzene rings is 2. The molecule has 2 atom stereocenters. The van der Waals surface area contributed by atoms with E-state index in [4.69, 9.17) is 10.00 Å². The highest BCUT2D eigenvalue weighted by molar-refractivity contribution is 5.34. The van der Waals surface area contributed by atoms with E-state index < -0.39 is 17.7 Å². The first-order chi connectivity index (χ1) is 11.5. The van der Waals surface area contributed by atoms with Crippen molar-refractivity contribution in [3.05, 3.63) is 65.2 Å². The van der Waals surface area contributed by atoms with Crippen LogP contribution in [0.1, 0.15) is 24.1 Å². The van der Waals surface area contributed by atoms with Gasteiger partial charge in [0.1, 0.15) is 18.5 Å². The second kappa shape index (κ2) is 8.39. The Morgan fingerprint density at radius 3 is 2.50 bits per heavy atom. The van der Waals surface area contributed by atoms with Crippen LogP contribution in [0.25, 0.3) is 0 Å². The molecule has 2 aromatic rings. The summed E-state index contributed by atoms with van der Waals surface area (Å²) in [6, 6.07) is 12.0. The van der Waals surface area contributed by atoms with Crippen molar-refractivity contribution in [2.24, 2.45) is 0 Å². The Balaban J connectivity index is 1.78. The van der Waals surface area contributed by atoms with Crippen LogP contribution in [0.5, 0.6) is 5.75 Å². The second-order valence-corrected chi connectivity index (χ2v) is 5.40. The van der Waals surface area contributed by atoms with Gasteiger partial charge in [-0.05, 0) is 48.9 Å². The molecule has 0 aliphatic carbocycles. The molecule has 6 heteroatoms. The van der Waals surface area contributed by atoms with E-state index in [0.29, 0.717) is 16.9 Å². The largest absolute Gasteiger partial charge is 0.491 e. The van der Waals surface area contributed by atoms with Gasteiger partial charge >= 0.3 is 0 Å². The quantitative estimate of drug-likeness (QED) is 0.818. The van der Waals surface area contributed by atoms with Crippen molar-refractivity contribution in [3.63, 3.8) is 0 Å². The van der Waals surface area contributed by atoms with Gasteiger partial charge in [0.25, 0.3) is 0 Å². The van der Waals surface area contributed by atoms with E-state index in [2.05, 4.69) is 5.32 Å². The molecule has 0 aromatic heterocycles. The SMILES string of the molecule is CC(NCC(O)COc1ccc(C#N)cc1)c1ccc(F)c(F)c1. The third kappa shape index (κ3) is 5.01. The number of nitrogens with one attached hydrogen (secondary N) is 1. The topological polar surface area (TPSA) is 65.3 Å². The van der Waals surface area contributed by atoms with Crippen LogP contribution in [0, 0.1) is 23.0 Å². The van der Waals surface area contributed by atoms with Crippen LogP contribution in [0.4, 0.5) is 8.78 Å². The summed E-state index contributed by atoms with van der Waals surface area (Å²) >= 11 is 0. The van der Waals surface area contributed by atoms with Crippen LogP contribution in [0.2, 0.25) is 0 Å². The third-order valence-electron chi connectivity index (χ3n) is 3.53. The Labute approximate surface area is 139 Å². The molecule has 4 nitrogen and oxygen atoms in total. The normalized spacial score (nSPS) is 13.1. The highest BCUT2D eigenvalue weighted by Crippen LogP contribution is 2.16. The highest BCUT2D eigenvalue weighted by atomic mass is 19.2. The number of aliphatic hydroxyl groups excluding tert-OH is 1. The number of rotatable bonds is 7. The molecule has 0 saturated heterocycles. The van der Waals surface area contributed by atoms with Crippen molar-refractivity contribution in [1.29, 1.82) is 5.26 Å². The van der Waals surface area contributed by atoms with Crippen molar-refractivity contribution >= 4 is 0 Å². The summed E-state index contributed by atoms with van der Waals surface area (Å²) in [5.41, 5.74) is 1.12. The number of ether oxygens (including phenoxy) is 1. The molecule has 0 heterocycles. The monoisotopic (exact) mass is 332 g/mol. The third-order valence-corrected chi connectivity index (χ3v) is 3.53. The predicted molar refractivity (Wildman–Crippen MR) is 85.4 cm³/mol. The van der Waals surface area contributed by atoms with E-state index >= 15 is 0 Å². The van der Waals surface area contributed by atoms with E-state index in [-0.39, 0.29) is 19.2 Å². The molecule has 0 saturated carbocycles. The van der Waals surface area contributed by atoms with Crippen LogP contribution in [0.15, 0.2) is 42.5 Å². The van der Waals surface area contributed by atoms with Gasteiger partial charge in [-0.25, -0.2) is 8.78 Å². The Bertz CT molecular complexity index is 714. The maximum atomic E-state index is 13.2. The van der Waals surface area contributed by atoms with Gasteiger partial charge < -0.3 is 15.2 Å². The molecule has 0 radical (unpaired) electrons. The minimum atomic E-state index is -0.897. The molecular weight excluding hydrogens is 314 g/mol. The summed E-state index contributed by atoms with van der Waals surface area (Å²) in [7, 11) is 0. The van der Waals surface area contributed by atoms with Crippen LogP contribution in [-0.4, -0.2) is 24.4 Å². The van der Waals surface area contributed by atoms with E-state index in [1.54, 1.807) is 31.2 Å². The number of halogens is 2. The highest BCUT2D eigenvalue weighted by Gasteiger charge is 2.11. The van der Waals surface area contributed by atoms with Crippen LogP contribution in [-0.2, 0) is 0 Å². The summed E-state index contributed by atoms with van der Waals surface area (Å²) < 4.78 is 31.6. The number of nitrogens with zero attached hydrogens (tertiary/aromatic N) is 1. The Hall–Kier alpha value is -2.49. The van der Waals surface area contributed by atoms with Crippen LogP contribution in [0.3, 0.4) is 0 Å². The fourth-order valence-corrected chi connectivity index (χ4v) is 2.09. The van der Waals surface area contributed by atoms with Crippen LogP contribution < -0.4 is 10.1 Å². The number of hydrogen-bond donors (Lipinski definition) is 2. The van der Waals surface area contributed by atoms with E-state index in [0.717, 1.165) is 12.1 Å². The summed E-state index contributed by atoms with van der Waals surface area (Å²) in [4.78, 5) is 0. The standard InChI is InChI=1S/C18H18F2N2O2/c1-12(14-4-7-17(19)18(20)8-14)22-10-15(23)11-24-16-5-2-13(9-21)3-6-16/h2-8,12,15,22-23H,10-11H2,1H3. The first-order valence-electron chi connectivity index (χ1n) is 7.49.